The van der Waals surface area contributed by atoms with Crippen LogP contribution in [0.4, 0.5) is 5.69 Å². The summed E-state index contributed by atoms with van der Waals surface area (Å²) < 4.78 is 1.87. The van der Waals surface area contributed by atoms with E-state index in [9.17, 15) is 0 Å². The van der Waals surface area contributed by atoms with Gasteiger partial charge < -0.3 is 5.73 Å². The van der Waals surface area contributed by atoms with Gasteiger partial charge in [0.25, 0.3) is 0 Å². The van der Waals surface area contributed by atoms with E-state index in [2.05, 4.69) is 30.2 Å². The molecule has 1 aromatic heterocycles. The van der Waals surface area contributed by atoms with Crippen LogP contribution in [-0.2, 0) is 7.05 Å². The summed E-state index contributed by atoms with van der Waals surface area (Å²) in [5, 5.41) is 5.33. The molecule has 0 unspecified atom stereocenters. The second kappa shape index (κ2) is 3.88. The molecule has 0 spiro atoms. The SMILES string of the molecule is Cc1ccccc1-c1cc2c(cnn2C)cc1N. The standard InChI is InChI=1S/C15H15N3/c1-10-5-3-4-6-12(10)13-8-15-11(7-14(13)16)9-17-18(15)2/h3-9H,16H2,1-2H3. The number of nitrogens with zero attached hydrogens (tertiary/aromatic N) is 2. The van der Waals surface area contributed by atoms with E-state index < -0.39 is 0 Å². The first-order chi connectivity index (χ1) is 8.66. The van der Waals surface area contributed by atoms with E-state index >= 15 is 0 Å². The van der Waals surface area contributed by atoms with Crippen molar-refractivity contribution in [3.63, 3.8) is 0 Å². The number of aryl methyl sites for hydroxylation is 2. The Balaban J connectivity index is 2.32. The maximum atomic E-state index is 6.16. The third-order valence-electron chi connectivity index (χ3n) is 3.35. The number of hydrogen-bond acceptors (Lipinski definition) is 2. The first-order valence-electron chi connectivity index (χ1n) is 5.94. The Bertz CT molecular complexity index is 726. The summed E-state index contributed by atoms with van der Waals surface area (Å²) >= 11 is 0. The summed E-state index contributed by atoms with van der Waals surface area (Å²) in [6, 6.07) is 12.4. The summed E-state index contributed by atoms with van der Waals surface area (Å²) in [7, 11) is 1.94. The number of hydrogen-bond donors (Lipinski definition) is 1. The number of nitrogen functional groups attached to an aromatic ring is 1. The van der Waals surface area contributed by atoms with E-state index in [0.717, 1.165) is 22.2 Å². The van der Waals surface area contributed by atoms with Crippen LogP contribution in [0, 0.1) is 6.92 Å². The van der Waals surface area contributed by atoms with Crippen molar-refractivity contribution in [1.82, 2.24) is 9.78 Å². The monoisotopic (exact) mass is 237 g/mol. The number of rotatable bonds is 1. The second-order valence-corrected chi connectivity index (χ2v) is 4.58. The summed E-state index contributed by atoms with van der Waals surface area (Å²) in [4.78, 5) is 0. The van der Waals surface area contributed by atoms with Gasteiger partial charge in [-0.15, -0.1) is 0 Å². The van der Waals surface area contributed by atoms with Crippen molar-refractivity contribution in [2.24, 2.45) is 7.05 Å². The molecule has 90 valence electrons. The maximum Gasteiger partial charge on any atom is 0.0686 e. The lowest BCUT2D eigenvalue weighted by Crippen LogP contribution is -1.94. The van der Waals surface area contributed by atoms with E-state index in [1.807, 2.05) is 36.1 Å². The molecule has 3 rings (SSSR count). The summed E-state index contributed by atoms with van der Waals surface area (Å²) in [6.07, 6.45) is 1.84. The molecule has 2 N–H and O–H groups in total. The zero-order valence-electron chi connectivity index (χ0n) is 10.5. The molecule has 3 nitrogen and oxygen atoms in total. The van der Waals surface area contributed by atoms with Gasteiger partial charge in [0.1, 0.15) is 0 Å². The molecule has 0 aliphatic heterocycles. The topological polar surface area (TPSA) is 43.8 Å². The minimum absolute atomic E-state index is 0.796. The van der Waals surface area contributed by atoms with Crippen molar-refractivity contribution in [2.75, 3.05) is 5.73 Å². The minimum atomic E-state index is 0.796. The van der Waals surface area contributed by atoms with Crippen molar-refractivity contribution >= 4 is 16.6 Å². The van der Waals surface area contributed by atoms with Crippen molar-refractivity contribution in [2.45, 2.75) is 6.92 Å². The number of nitrogens with two attached hydrogens (primary N) is 1. The van der Waals surface area contributed by atoms with Gasteiger partial charge in [-0.2, -0.15) is 5.10 Å². The minimum Gasteiger partial charge on any atom is -0.398 e. The highest BCUT2D eigenvalue weighted by Crippen LogP contribution is 2.32. The zero-order chi connectivity index (χ0) is 12.7. The third-order valence-corrected chi connectivity index (χ3v) is 3.35. The molecule has 3 heteroatoms. The van der Waals surface area contributed by atoms with Crippen LogP contribution in [0.2, 0.25) is 0 Å². The first kappa shape index (κ1) is 10.8. The largest absolute Gasteiger partial charge is 0.398 e. The molecule has 2 aromatic carbocycles. The van der Waals surface area contributed by atoms with Crippen LogP contribution in [0.5, 0.6) is 0 Å². The lowest BCUT2D eigenvalue weighted by Gasteiger charge is -2.09. The summed E-state index contributed by atoms with van der Waals surface area (Å²) in [5.41, 5.74) is 11.5. The molecule has 0 bridgehead atoms. The molecule has 0 atom stereocenters. The predicted molar refractivity (Wildman–Crippen MR) is 75.3 cm³/mol. The predicted octanol–water partition coefficient (Wildman–Crippen LogP) is 3.13. The molecule has 0 amide bonds. The Morgan fingerprint density at radius 1 is 1.11 bits per heavy atom. The zero-order valence-corrected chi connectivity index (χ0v) is 10.5. The summed E-state index contributed by atoms with van der Waals surface area (Å²) in [5.74, 6) is 0. The first-order valence-corrected chi connectivity index (χ1v) is 5.94. The van der Waals surface area contributed by atoms with Gasteiger partial charge in [-0.25, -0.2) is 0 Å². The van der Waals surface area contributed by atoms with Gasteiger partial charge in [0, 0.05) is 23.7 Å². The average Bonchev–Trinajstić information content (AvgIpc) is 2.70. The third kappa shape index (κ3) is 1.56. The summed E-state index contributed by atoms with van der Waals surface area (Å²) in [6.45, 7) is 2.10. The molecule has 18 heavy (non-hydrogen) atoms. The fourth-order valence-corrected chi connectivity index (χ4v) is 2.33. The van der Waals surface area contributed by atoms with Gasteiger partial charge in [0.2, 0.25) is 0 Å². The van der Waals surface area contributed by atoms with Crippen LogP contribution in [0.3, 0.4) is 0 Å². The van der Waals surface area contributed by atoms with Gasteiger partial charge in [-0.3, -0.25) is 4.68 Å². The fourth-order valence-electron chi connectivity index (χ4n) is 2.33. The molecule has 0 radical (unpaired) electrons. The molecular formula is C15H15N3. The molecule has 0 aliphatic carbocycles. The number of benzene rings is 2. The highest BCUT2D eigenvalue weighted by Gasteiger charge is 2.09. The van der Waals surface area contributed by atoms with E-state index in [1.54, 1.807) is 0 Å². The molecule has 0 saturated carbocycles. The van der Waals surface area contributed by atoms with Crippen LogP contribution in [-0.4, -0.2) is 9.78 Å². The van der Waals surface area contributed by atoms with Gasteiger partial charge in [-0.05, 0) is 30.2 Å². The van der Waals surface area contributed by atoms with E-state index in [4.69, 9.17) is 5.73 Å². The lowest BCUT2D eigenvalue weighted by atomic mass is 9.98. The maximum absolute atomic E-state index is 6.16. The van der Waals surface area contributed by atoms with E-state index in [1.165, 1.54) is 11.1 Å². The molecule has 0 aliphatic rings. The normalized spacial score (nSPS) is 11.0. The van der Waals surface area contributed by atoms with Crippen LogP contribution >= 0.6 is 0 Å². The Morgan fingerprint density at radius 2 is 1.89 bits per heavy atom. The van der Waals surface area contributed by atoms with Crippen LogP contribution in [0.25, 0.3) is 22.0 Å². The Kier molecular flexibility index (Phi) is 2.33. The average molecular weight is 237 g/mol. The highest BCUT2D eigenvalue weighted by atomic mass is 15.2. The van der Waals surface area contributed by atoms with E-state index in [-0.39, 0.29) is 0 Å². The Morgan fingerprint density at radius 3 is 2.67 bits per heavy atom. The van der Waals surface area contributed by atoms with Crippen molar-refractivity contribution in [1.29, 1.82) is 0 Å². The second-order valence-electron chi connectivity index (χ2n) is 4.58. The lowest BCUT2D eigenvalue weighted by molar-refractivity contribution is 0.797. The molecule has 3 aromatic rings. The highest BCUT2D eigenvalue weighted by molar-refractivity contribution is 5.92. The fraction of sp³-hybridized carbons (Fsp3) is 0.133. The van der Waals surface area contributed by atoms with Gasteiger partial charge in [-0.1, -0.05) is 24.3 Å². The Hall–Kier alpha value is -2.29. The molecule has 0 saturated heterocycles. The van der Waals surface area contributed by atoms with Crippen LogP contribution in [0.15, 0.2) is 42.6 Å². The van der Waals surface area contributed by atoms with Crippen LogP contribution in [0.1, 0.15) is 5.56 Å². The van der Waals surface area contributed by atoms with Crippen molar-refractivity contribution in [3.8, 4) is 11.1 Å². The van der Waals surface area contributed by atoms with Gasteiger partial charge >= 0.3 is 0 Å². The van der Waals surface area contributed by atoms with E-state index in [0.29, 0.717) is 0 Å². The molecule has 0 fully saturated rings. The van der Waals surface area contributed by atoms with Crippen molar-refractivity contribution in [3.05, 3.63) is 48.2 Å². The number of fused-ring (bicyclic) bond motifs is 1. The quantitative estimate of drug-likeness (QED) is 0.661. The van der Waals surface area contributed by atoms with Gasteiger partial charge in [0.15, 0.2) is 0 Å². The molecular weight excluding hydrogens is 222 g/mol. The number of aromatic nitrogens is 2. The van der Waals surface area contributed by atoms with Crippen molar-refractivity contribution < 1.29 is 0 Å². The van der Waals surface area contributed by atoms with Gasteiger partial charge in [0.05, 0.1) is 11.7 Å². The van der Waals surface area contributed by atoms with Crippen LogP contribution < -0.4 is 5.73 Å². The molecule has 1 heterocycles. The Labute approximate surface area is 106 Å². The smallest absolute Gasteiger partial charge is 0.0686 e. The number of anilines is 1.